The van der Waals surface area contributed by atoms with Gasteiger partial charge in [0.25, 0.3) is 0 Å². The number of fused-ring (bicyclic) bond motifs is 2. The molecule has 0 radical (unpaired) electrons. The fraction of sp³-hybridized carbons (Fsp3) is 0.407. The molecule has 1 amide bonds. The van der Waals surface area contributed by atoms with E-state index in [1.165, 1.54) is 32.1 Å². The minimum atomic E-state index is 0.0957. The topological polar surface area (TPSA) is 45.2 Å². The van der Waals surface area contributed by atoms with E-state index in [2.05, 4.69) is 23.2 Å². The second-order valence-electron chi connectivity index (χ2n) is 8.61. The number of hydrogen-bond acceptors (Lipinski definition) is 3. The van der Waals surface area contributed by atoms with E-state index in [1.54, 1.807) is 0 Å². The summed E-state index contributed by atoms with van der Waals surface area (Å²) in [6.07, 6.45) is 9.85. The van der Waals surface area contributed by atoms with Crippen molar-refractivity contribution >= 4 is 45.6 Å². The van der Waals surface area contributed by atoms with Crippen molar-refractivity contribution in [2.45, 2.75) is 64.7 Å². The van der Waals surface area contributed by atoms with Crippen LogP contribution in [0.3, 0.4) is 0 Å². The molecule has 4 nitrogen and oxygen atoms in total. The fourth-order valence-electron chi connectivity index (χ4n) is 4.51. The van der Waals surface area contributed by atoms with Gasteiger partial charge in [0.2, 0.25) is 5.91 Å². The first-order valence-electron chi connectivity index (χ1n) is 11.9. The maximum atomic E-state index is 12.8. The number of unbranched alkanes of at least 4 members (excludes halogenated alkanes) is 6. The first kappa shape index (κ1) is 22.6. The predicted molar refractivity (Wildman–Crippen MR) is 135 cm³/mol. The highest BCUT2D eigenvalue weighted by molar-refractivity contribution is 6.30. The first-order valence-corrected chi connectivity index (χ1v) is 12.3. The van der Waals surface area contributed by atoms with E-state index in [9.17, 15) is 4.79 Å². The number of carbonyl (C=O) groups excluding carboxylic acids is 1. The Morgan fingerprint density at radius 1 is 1.03 bits per heavy atom. The van der Waals surface area contributed by atoms with E-state index < -0.39 is 0 Å². The van der Waals surface area contributed by atoms with Crippen molar-refractivity contribution in [3.8, 4) is 0 Å². The Morgan fingerprint density at radius 2 is 1.81 bits per heavy atom. The number of aromatic nitrogens is 1. The van der Waals surface area contributed by atoms with Gasteiger partial charge >= 0.3 is 0 Å². The lowest BCUT2D eigenvalue weighted by Gasteiger charge is -2.20. The minimum absolute atomic E-state index is 0.0957. The zero-order valence-corrected chi connectivity index (χ0v) is 19.6. The van der Waals surface area contributed by atoms with Crippen LogP contribution in [-0.2, 0) is 11.2 Å². The number of hydrogen-bond donors (Lipinski definition) is 1. The van der Waals surface area contributed by atoms with Gasteiger partial charge in [-0.25, -0.2) is 4.98 Å². The van der Waals surface area contributed by atoms with Crippen molar-refractivity contribution in [3.63, 3.8) is 0 Å². The fourth-order valence-corrected chi connectivity index (χ4v) is 4.70. The molecule has 0 spiro atoms. The monoisotopic (exact) mass is 449 g/mol. The molecule has 32 heavy (non-hydrogen) atoms. The normalized spacial score (nSPS) is 12.9. The molecule has 0 fully saturated rings. The van der Waals surface area contributed by atoms with Gasteiger partial charge in [-0.05, 0) is 37.1 Å². The van der Waals surface area contributed by atoms with E-state index in [0.29, 0.717) is 11.4 Å². The minimum Gasteiger partial charge on any atom is -0.326 e. The van der Waals surface area contributed by atoms with Gasteiger partial charge in [-0.2, -0.15) is 0 Å². The van der Waals surface area contributed by atoms with Crippen LogP contribution >= 0.6 is 11.6 Å². The zero-order chi connectivity index (χ0) is 22.3. The van der Waals surface area contributed by atoms with Crippen molar-refractivity contribution in [1.82, 2.24) is 4.98 Å². The Labute approximate surface area is 196 Å². The largest absolute Gasteiger partial charge is 0.326 e. The van der Waals surface area contributed by atoms with Crippen molar-refractivity contribution in [2.24, 2.45) is 0 Å². The predicted octanol–water partition coefficient (Wildman–Crippen LogP) is 7.66. The number of halogens is 1. The lowest BCUT2D eigenvalue weighted by Crippen LogP contribution is -2.15. The number of pyridine rings is 1. The zero-order valence-electron chi connectivity index (χ0n) is 18.9. The summed E-state index contributed by atoms with van der Waals surface area (Å²) in [6, 6.07) is 15.9. The Bertz CT molecular complexity index is 1080. The molecule has 5 heteroatoms. The molecule has 0 aliphatic carbocycles. The number of nitrogens with one attached hydrogen (secondary N) is 1. The lowest BCUT2D eigenvalue weighted by molar-refractivity contribution is -0.116. The quantitative estimate of drug-likeness (QED) is 0.323. The summed E-state index contributed by atoms with van der Waals surface area (Å²) in [6.45, 7) is 3.05. The van der Waals surface area contributed by atoms with Crippen LogP contribution in [0.5, 0.6) is 0 Å². The van der Waals surface area contributed by atoms with Crippen molar-refractivity contribution in [3.05, 3.63) is 59.1 Å². The van der Waals surface area contributed by atoms with Gasteiger partial charge in [0.15, 0.2) is 0 Å². The summed E-state index contributed by atoms with van der Waals surface area (Å²) in [5.41, 5.74) is 3.95. The highest BCUT2D eigenvalue weighted by Crippen LogP contribution is 2.41. The van der Waals surface area contributed by atoms with Gasteiger partial charge in [0, 0.05) is 34.6 Å². The smallest absolute Gasteiger partial charge is 0.224 e. The van der Waals surface area contributed by atoms with Gasteiger partial charge in [0.05, 0.1) is 11.2 Å². The molecule has 3 aromatic rings. The number of benzene rings is 2. The number of nitrogens with zero attached hydrogens (tertiary/aromatic N) is 2. The molecule has 168 valence electrons. The summed E-state index contributed by atoms with van der Waals surface area (Å²) in [5.74, 6) is 1.01. The van der Waals surface area contributed by atoms with Crippen molar-refractivity contribution in [2.75, 3.05) is 16.8 Å². The molecule has 1 aromatic heterocycles. The molecule has 0 bridgehead atoms. The average molecular weight is 450 g/mol. The molecule has 0 unspecified atom stereocenters. The van der Waals surface area contributed by atoms with Gasteiger partial charge in [-0.15, -0.1) is 0 Å². The third-order valence-electron chi connectivity index (χ3n) is 6.20. The molecule has 4 rings (SSSR count). The molecule has 2 heterocycles. The van der Waals surface area contributed by atoms with Crippen LogP contribution in [0.1, 0.15) is 63.9 Å². The van der Waals surface area contributed by atoms with Crippen molar-refractivity contribution < 1.29 is 4.79 Å². The summed E-state index contributed by atoms with van der Waals surface area (Å²) in [4.78, 5) is 20.0. The van der Waals surface area contributed by atoms with Gasteiger partial charge in [-0.1, -0.05) is 81.3 Å². The second-order valence-corrected chi connectivity index (χ2v) is 9.04. The number of rotatable bonds is 10. The van der Waals surface area contributed by atoms with Crippen LogP contribution in [0.2, 0.25) is 5.02 Å². The number of amides is 1. The Morgan fingerprint density at radius 3 is 2.62 bits per heavy atom. The van der Waals surface area contributed by atoms with Crippen LogP contribution in [0.4, 0.5) is 17.2 Å². The third kappa shape index (κ3) is 5.24. The molecule has 1 aliphatic heterocycles. The molecule has 0 saturated heterocycles. The summed E-state index contributed by atoms with van der Waals surface area (Å²) in [5, 5.41) is 4.96. The van der Waals surface area contributed by atoms with Crippen LogP contribution in [0.15, 0.2) is 48.5 Å². The number of para-hydroxylation sites is 1. The van der Waals surface area contributed by atoms with Gasteiger partial charge < -0.3 is 10.2 Å². The molecule has 2 aromatic carbocycles. The Balaban J connectivity index is 1.51. The summed E-state index contributed by atoms with van der Waals surface area (Å²) < 4.78 is 0. The average Bonchev–Trinajstić information content (AvgIpc) is 3.22. The molecular formula is C27H32ClN3O. The van der Waals surface area contributed by atoms with E-state index in [-0.39, 0.29) is 5.91 Å². The maximum absolute atomic E-state index is 12.8. The van der Waals surface area contributed by atoms with Crippen LogP contribution in [0, 0.1) is 0 Å². The number of anilines is 3. The van der Waals surface area contributed by atoms with E-state index >= 15 is 0 Å². The highest BCUT2D eigenvalue weighted by Gasteiger charge is 2.27. The first-order chi connectivity index (χ1) is 15.7. The standard InChI is InChI=1S/C27H32ClN3O/c1-2-3-4-5-6-7-8-16-25(32)30-26-22-14-9-10-15-24(22)29-27-23(26)17-18-31(27)21-13-11-12-20(28)19-21/h9-15,19H,2-8,16-18H2,1H3,(H,29,30,32). The van der Waals surface area contributed by atoms with Crippen LogP contribution in [0.25, 0.3) is 10.9 Å². The molecular weight excluding hydrogens is 418 g/mol. The van der Waals surface area contributed by atoms with Crippen molar-refractivity contribution in [1.29, 1.82) is 0 Å². The summed E-state index contributed by atoms with van der Waals surface area (Å²) in [7, 11) is 0. The van der Waals surface area contributed by atoms with Gasteiger partial charge in [-0.3, -0.25) is 4.79 Å². The Kier molecular flexibility index (Phi) is 7.64. The highest BCUT2D eigenvalue weighted by atomic mass is 35.5. The Hall–Kier alpha value is -2.59. The van der Waals surface area contributed by atoms with E-state index in [0.717, 1.165) is 59.5 Å². The van der Waals surface area contributed by atoms with Gasteiger partial charge in [0.1, 0.15) is 5.82 Å². The SMILES string of the molecule is CCCCCCCCCC(=O)Nc1c2c(nc3ccccc13)N(c1cccc(Cl)c1)CC2. The molecule has 1 aliphatic rings. The second kappa shape index (κ2) is 10.8. The molecule has 0 saturated carbocycles. The van der Waals surface area contributed by atoms with E-state index in [1.807, 2.05) is 42.5 Å². The number of carbonyl (C=O) groups is 1. The molecule has 0 atom stereocenters. The molecule has 1 N–H and O–H groups in total. The van der Waals surface area contributed by atoms with Crippen LogP contribution in [-0.4, -0.2) is 17.4 Å². The third-order valence-corrected chi connectivity index (χ3v) is 6.44. The van der Waals surface area contributed by atoms with Crippen LogP contribution < -0.4 is 10.2 Å². The maximum Gasteiger partial charge on any atom is 0.224 e. The van der Waals surface area contributed by atoms with E-state index in [4.69, 9.17) is 16.6 Å². The lowest BCUT2D eigenvalue weighted by atomic mass is 10.1. The summed E-state index contributed by atoms with van der Waals surface area (Å²) >= 11 is 6.24.